The summed E-state index contributed by atoms with van der Waals surface area (Å²) in [6, 6.07) is 4.56. The summed E-state index contributed by atoms with van der Waals surface area (Å²) in [5, 5.41) is 12.5. The van der Waals surface area contributed by atoms with Crippen molar-refractivity contribution in [2.24, 2.45) is 7.05 Å². The number of nitrogens with one attached hydrogen (secondary N) is 2. The topological polar surface area (TPSA) is 119 Å². The lowest BCUT2D eigenvalue weighted by Gasteiger charge is -2.12. The number of pyridine rings is 1. The lowest BCUT2D eigenvalue weighted by molar-refractivity contribution is 0.0958. The summed E-state index contributed by atoms with van der Waals surface area (Å²) in [5.74, 6) is -1.01. The average molecular weight is 363 g/mol. The molecule has 0 fully saturated rings. The van der Waals surface area contributed by atoms with Crippen molar-refractivity contribution in [1.29, 1.82) is 0 Å². The molecule has 3 rings (SSSR count). The first-order valence-corrected chi connectivity index (χ1v) is 8.92. The first kappa shape index (κ1) is 13.3. The van der Waals surface area contributed by atoms with Gasteiger partial charge in [0.15, 0.2) is 21.3 Å². The van der Waals surface area contributed by atoms with Crippen LogP contribution < -0.4 is 10.6 Å². The molecule has 130 valence electrons. The number of fused-ring (bicyclic) bond motifs is 1. The SMILES string of the molecule is [2H]C([2H])([2H])NC(=O)c1nnccc1Nc1nc2c(ccn2C)cc1S(C)(=O)=O. The van der Waals surface area contributed by atoms with Crippen molar-refractivity contribution in [3.63, 3.8) is 0 Å². The maximum Gasteiger partial charge on any atom is 0.273 e. The second-order valence-corrected chi connectivity index (χ2v) is 7.30. The fourth-order valence-corrected chi connectivity index (χ4v) is 3.12. The highest BCUT2D eigenvalue weighted by Crippen LogP contribution is 2.28. The van der Waals surface area contributed by atoms with E-state index in [0.717, 1.165) is 6.26 Å². The van der Waals surface area contributed by atoms with Crippen LogP contribution >= 0.6 is 0 Å². The van der Waals surface area contributed by atoms with Crippen LogP contribution in [0, 0.1) is 0 Å². The van der Waals surface area contributed by atoms with Gasteiger partial charge in [0, 0.05) is 36.0 Å². The van der Waals surface area contributed by atoms with Crippen LogP contribution in [-0.4, -0.2) is 47.3 Å². The highest BCUT2D eigenvalue weighted by molar-refractivity contribution is 7.90. The summed E-state index contributed by atoms with van der Waals surface area (Å²) in [6.45, 7) is -2.72. The Hall–Kier alpha value is -3.01. The van der Waals surface area contributed by atoms with Crippen molar-refractivity contribution in [2.45, 2.75) is 4.90 Å². The lowest BCUT2D eigenvalue weighted by atomic mass is 10.3. The van der Waals surface area contributed by atoms with Gasteiger partial charge in [-0.15, -0.1) is 5.10 Å². The van der Waals surface area contributed by atoms with Gasteiger partial charge in [0.2, 0.25) is 0 Å². The molecule has 0 unspecified atom stereocenters. The zero-order chi connectivity index (χ0) is 20.7. The Morgan fingerprint density at radius 1 is 1.36 bits per heavy atom. The predicted molar refractivity (Wildman–Crippen MR) is 92.5 cm³/mol. The zero-order valence-electron chi connectivity index (χ0n) is 16.3. The Labute approximate surface area is 148 Å². The van der Waals surface area contributed by atoms with Crippen LogP contribution in [0.15, 0.2) is 35.5 Å². The molecular weight excluding hydrogens is 344 g/mol. The molecule has 9 nitrogen and oxygen atoms in total. The maximum atomic E-state index is 12.2. The van der Waals surface area contributed by atoms with Crippen LogP contribution in [0.5, 0.6) is 0 Å². The van der Waals surface area contributed by atoms with Crippen LogP contribution in [-0.2, 0) is 16.9 Å². The third-order valence-electron chi connectivity index (χ3n) is 3.51. The fraction of sp³-hybridized carbons (Fsp3) is 0.200. The van der Waals surface area contributed by atoms with Gasteiger partial charge in [0.1, 0.15) is 10.5 Å². The Balaban J connectivity index is 2.11. The van der Waals surface area contributed by atoms with E-state index in [2.05, 4.69) is 20.5 Å². The third-order valence-corrected chi connectivity index (χ3v) is 4.62. The fourth-order valence-electron chi connectivity index (χ4n) is 2.33. The Morgan fingerprint density at radius 2 is 2.16 bits per heavy atom. The minimum Gasteiger partial charge on any atom is -0.354 e. The van der Waals surface area contributed by atoms with Gasteiger partial charge in [-0.3, -0.25) is 4.79 Å². The number of aryl methyl sites for hydroxylation is 1. The quantitative estimate of drug-likeness (QED) is 0.706. The van der Waals surface area contributed by atoms with E-state index in [1.165, 1.54) is 18.3 Å². The van der Waals surface area contributed by atoms with Crippen molar-refractivity contribution < 1.29 is 17.3 Å². The van der Waals surface area contributed by atoms with Crippen LogP contribution in [0.1, 0.15) is 14.6 Å². The number of nitrogens with zero attached hydrogens (tertiary/aromatic N) is 4. The van der Waals surface area contributed by atoms with Crippen LogP contribution in [0.2, 0.25) is 0 Å². The van der Waals surface area contributed by atoms with Gasteiger partial charge in [-0.1, -0.05) is 0 Å². The number of hydrogen-bond acceptors (Lipinski definition) is 7. The predicted octanol–water partition coefficient (Wildman–Crippen LogP) is 0.870. The first-order chi connectivity index (χ1) is 13.0. The molecule has 0 bridgehead atoms. The van der Waals surface area contributed by atoms with E-state index in [4.69, 9.17) is 4.11 Å². The molecule has 0 radical (unpaired) electrons. The van der Waals surface area contributed by atoms with Gasteiger partial charge in [-0.2, -0.15) is 5.10 Å². The maximum absolute atomic E-state index is 12.2. The second-order valence-electron chi connectivity index (χ2n) is 5.32. The molecule has 0 aliphatic carbocycles. The molecule has 3 aromatic rings. The lowest BCUT2D eigenvalue weighted by Crippen LogP contribution is -2.21. The molecule has 0 aromatic carbocycles. The Morgan fingerprint density at radius 3 is 2.88 bits per heavy atom. The molecular formula is C15H16N6O3S. The van der Waals surface area contributed by atoms with Crippen LogP contribution in [0.25, 0.3) is 11.0 Å². The van der Waals surface area contributed by atoms with Crippen LogP contribution in [0.4, 0.5) is 11.5 Å². The molecule has 0 aliphatic heterocycles. The minimum absolute atomic E-state index is 0.0206. The molecule has 0 aliphatic rings. The van der Waals surface area contributed by atoms with Gasteiger partial charge in [0.05, 0.1) is 11.9 Å². The first-order valence-electron chi connectivity index (χ1n) is 8.53. The highest BCUT2D eigenvalue weighted by Gasteiger charge is 2.20. The van der Waals surface area contributed by atoms with E-state index in [1.807, 2.05) is 5.32 Å². The van der Waals surface area contributed by atoms with Crippen molar-refractivity contribution in [3.05, 3.63) is 36.3 Å². The number of sulfone groups is 1. The molecule has 25 heavy (non-hydrogen) atoms. The molecule has 0 saturated carbocycles. The molecule has 10 heteroatoms. The number of carbonyl (C=O) groups excluding carboxylic acids is 1. The number of carbonyl (C=O) groups is 1. The molecule has 2 N–H and O–H groups in total. The third kappa shape index (κ3) is 3.15. The van der Waals surface area contributed by atoms with Crippen molar-refractivity contribution in [1.82, 2.24) is 25.1 Å². The second kappa shape index (κ2) is 6.13. The van der Waals surface area contributed by atoms with Gasteiger partial charge >= 0.3 is 0 Å². The number of anilines is 2. The van der Waals surface area contributed by atoms with E-state index in [1.54, 1.807) is 23.9 Å². The van der Waals surface area contributed by atoms with Gasteiger partial charge < -0.3 is 15.2 Å². The van der Waals surface area contributed by atoms with Gasteiger partial charge in [-0.05, 0) is 18.2 Å². The molecule has 1 amide bonds. The minimum atomic E-state index is -3.66. The highest BCUT2D eigenvalue weighted by atomic mass is 32.2. The van der Waals surface area contributed by atoms with E-state index in [-0.39, 0.29) is 22.1 Å². The van der Waals surface area contributed by atoms with Crippen molar-refractivity contribution in [3.8, 4) is 0 Å². The van der Waals surface area contributed by atoms with Gasteiger partial charge in [0.25, 0.3) is 5.91 Å². The van der Waals surface area contributed by atoms with E-state index in [9.17, 15) is 13.2 Å². The van der Waals surface area contributed by atoms with E-state index < -0.39 is 22.7 Å². The summed E-state index contributed by atoms with van der Waals surface area (Å²) in [7, 11) is -1.91. The number of amides is 1. The normalized spacial score (nSPS) is 13.8. The summed E-state index contributed by atoms with van der Waals surface area (Å²) in [4.78, 5) is 16.5. The van der Waals surface area contributed by atoms with Crippen molar-refractivity contribution >= 4 is 38.3 Å². The molecule has 0 saturated heterocycles. The van der Waals surface area contributed by atoms with Crippen LogP contribution in [0.3, 0.4) is 0 Å². The number of aromatic nitrogens is 4. The smallest absolute Gasteiger partial charge is 0.273 e. The largest absolute Gasteiger partial charge is 0.354 e. The summed E-state index contributed by atoms with van der Waals surface area (Å²) in [5.41, 5.74) is 0.264. The molecule has 0 atom stereocenters. The van der Waals surface area contributed by atoms with E-state index in [0.29, 0.717) is 11.0 Å². The van der Waals surface area contributed by atoms with Crippen molar-refractivity contribution in [2.75, 3.05) is 18.5 Å². The molecule has 0 spiro atoms. The summed E-state index contributed by atoms with van der Waals surface area (Å²) >= 11 is 0. The molecule has 3 aromatic heterocycles. The zero-order valence-corrected chi connectivity index (χ0v) is 14.1. The summed E-state index contributed by atoms with van der Waals surface area (Å²) in [6.07, 6.45) is 4.04. The van der Waals surface area contributed by atoms with E-state index >= 15 is 0 Å². The monoisotopic (exact) mass is 363 g/mol. The Kier molecular flexibility index (Phi) is 3.26. The average Bonchev–Trinajstić information content (AvgIpc) is 2.93. The summed E-state index contributed by atoms with van der Waals surface area (Å²) < 4.78 is 47.6. The standard InChI is InChI=1S/C15H16N6O3S/c1-16-15(22)12-10(4-6-17-20-12)18-13-11(25(3,23)24)8-9-5-7-21(2)14(9)19-13/h4-8H,1-3H3,(H,16,22)(H,17,18,19)/i1D3. The van der Waals surface area contributed by atoms with Gasteiger partial charge in [-0.25, -0.2) is 13.4 Å². The number of rotatable bonds is 4. The molecule has 3 heterocycles. The number of hydrogen-bond donors (Lipinski definition) is 2. The Bertz CT molecular complexity index is 1170.